The van der Waals surface area contributed by atoms with Gasteiger partial charge in [0.2, 0.25) is 0 Å². The van der Waals surface area contributed by atoms with Gasteiger partial charge in [0, 0.05) is 39.0 Å². The molecule has 4 atom stereocenters. The third-order valence-electron chi connectivity index (χ3n) is 19.0. The molecule has 2 aliphatic heterocycles. The van der Waals surface area contributed by atoms with Crippen LogP contribution in [0.2, 0.25) is 0 Å². The number of nitrogens with zero attached hydrogens (tertiary/aromatic N) is 2. The fraction of sp³-hybridized carbons (Fsp3) is 0.262. The van der Waals surface area contributed by atoms with Crippen molar-refractivity contribution in [3.05, 3.63) is 215 Å². The summed E-state index contributed by atoms with van der Waals surface area (Å²) in [5.74, 6) is 0. The summed E-state index contributed by atoms with van der Waals surface area (Å²) in [5, 5.41) is 7.96. The molecule has 328 valence electrons. The first kappa shape index (κ1) is 39.5. The summed E-state index contributed by atoms with van der Waals surface area (Å²) < 4.78 is 0. The molecule has 14 rings (SSSR count). The molecule has 3 aliphatic carbocycles. The van der Waals surface area contributed by atoms with E-state index in [2.05, 4.69) is 219 Å². The van der Waals surface area contributed by atoms with Crippen molar-refractivity contribution in [2.24, 2.45) is 0 Å². The van der Waals surface area contributed by atoms with E-state index >= 15 is 0 Å². The third kappa shape index (κ3) is 4.91. The Kier molecular flexibility index (Phi) is 8.10. The highest BCUT2D eigenvalue weighted by Crippen LogP contribution is 2.67. The van der Waals surface area contributed by atoms with E-state index in [4.69, 9.17) is 0 Å². The molecule has 2 nitrogen and oxygen atoms in total. The lowest BCUT2D eigenvalue weighted by molar-refractivity contribution is 0.195. The number of fused-ring (bicyclic) bond motifs is 13. The summed E-state index contributed by atoms with van der Waals surface area (Å²) in [4.78, 5) is 5.65. The van der Waals surface area contributed by atoms with Crippen molar-refractivity contribution < 1.29 is 0 Å². The fourth-order valence-electron chi connectivity index (χ4n) is 15.3. The van der Waals surface area contributed by atoms with Gasteiger partial charge in [-0.25, -0.2) is 0 Å². The predicted molar refractivity (Wildman–Crippen MR) is 282 cm³/mol. The molecule has 0 bridgehead atoms. The lowest BCUT2D eigenvalue weighted by Gasteiger charge is -2.50. The van der Waals surface area contributed by atoms with E-state index in [0.29, 0.717) is 0 Å². The third-order valence-corrected chi connectivity index (χ3v) is 19.0. The molecule has 2 heteroatoms. The molecule has 2 heterocycles. The van der Waals surface area contributed by atoms with Crippen LogP contribution in [0.25, 0.3) is 43.4 Å². The van der Waals surface area contributed by atoms with Gasteiger partial charge in [-0.2, -0.15) is 0 Å². The topological polar surface area (TPSA) is 6.48 Å². The molecule has 67 heavy (non-hydrogen) atoms. The Morgan fingerprint density at radius 1 is 0.358 bits per heavy atom. The molecule has 9 aromatic rings. The average molecular weight is 867 g/mol. The Hall–Kier alpha value is -6.64. The smallest absolute Gasteiger partial charge is 0.0715 e. The fourth-order valence-corrected chi connectivity index (χ4v) is 15.3. The second-order valence-electron chi connectivity index (χ2n) is 21.8. The summed E-state index contributed by atoms with van der Waals surface area (Å²) in [6.45, 7) is 10.3. The Morgan fingerprint density at radius 2 is 0.821 bits per heavy atom. The lowest BCUT2D eigenvalue weighted by atomic mass is 9.61. The van der Waals surface area contributed by atoms with Crippen LogP contribution < -0.4 is 9.80 Å². The van der Waals surface area contributed by atoms with Crippen molar-refractivity contribution >= 4 is 55.1 Å². The molecule has 0 aromatic heterocycles. The van der Waals surface area contributed by atoms with Crippen LogP contribution in [0, 0.1) is 0 Å². The summed E-state index contributed by atoms with van der Waals surface area (Å²) in [6.07, 6.45) is 9.70. The minimum atomic E-state index is -0.590. The Bertz CT molecular complexity index is 3480. The van der Waals surface area contributed by atoms with E-state index in [0.717, 1.165) is 12.8 Å². The lowest BCUT2D eigenvalue weighted by Crippen LogP contribution is -2.54. The first-order chi connectivity index (χ1) is 32.7. The molecular weight excluding hydrogens is 809 g/mol. The number of anilines is 4. The summed E-state index contributed by atoms with van der Waals surface area (Å²) in [7, 11) is 0. The van der Waals surface area contributed by atoms with E-state index < -0.39 is 5.41 Å². The van der Waals surface area contributed by atoms with Crippen LogP contribution in [-0.4, -0.2) is 11.1 Å². The second kappa shape index (κ2) is 13.7. The van der Waals surface area contributed by atoms with Gasteiger partial charge in [0.25, 0.3) is 0 Å². The van der Waals surface area contributed by atoms with Crippen molar-refractivity contribution in [1.82, 2.24) is 0 Å². The van der Waals surface area contributed by atoms with Gasteiger partial charge in [-0.15, -0.1) is 0 Å². The first-order valence-electron chi connectivity index (χ1n) is 25.2. The Labute approximate surface area is 395 Å². The van der Waals surface area contributed by atoms with Gasteiger partial charge in [-0.05, 0) is 153 Å². The molecule has 0 saturated heterocycles. The van der Waals surface area contributed by atoms with Crippen LogP contribution in [0.4, 0.5) is 22.7 Å². The van der Waals surface area contributed by atoms with Gasteiger partial charge in [-0.1, -0.05) is 179 Å². The molecule has 0 radical (unpaired) electrons. The van der Waals surface area contributed by atoms with Gasteiger partial charge in [0.1, 0.15) is 0 Å². The Morgan fingerprint density at radius 3 is 1.39 bits per heavy atom. The van der Waals surface area contributed by atoms with E-state index in [-0.39, 0.29) is 21.9 Å². The molecule has 0 N–H and O–H groups in total. The SMILES string of the molecule is CC12CCCCC1(C)N(c1ccc3c(c1)C(c1ccccc1)(c1ccccc1)c1cc(N4c5cc6ccccc6cc5C5(C)CCCCC45C)c4ccccc4c1-3)c1cc3ccccc3cc12. The molecule has 0 spiro atoms. The minimum absolute atomic E-state index is 0.000378. The molecule has 4 unspecified atom stereocenters. The van der Waals surface area contributed by atoms with Crippen LogP contribution in [0.5, 0.6) is 0 Å². The standard InChI is InChI=1S/C65H58N2/c1-61-33-17-19-35-63(61,3)66(58-39-45-23-13-11-21-43(45)37-54(58)61)49-31-32-52-53(41-49)65(47-25-7-5-8-26-47,48-27-9-6-10-28-48)56-42-57(50-29-15-16-30-51(50)60(52)56)67-59-40-46-24-14-12-22-44(46)38-55(59)62(2)34-18-20-36-64(62,67)4/h5-16,21-32,37-42H,17-20,33-36H2,1-4H3. The number of benzene rings is 9. The zero-order chi connectivity index (χ0) is 44.9. The Balaban J connectivity index is 1.08. The highest BCUT2D eigenvalue weighted by molar-refractivity contribution is 6.11. The van der Waals surface area contributed by atoms with E-state index in [1.165, 1.54) is 138 Å². The minimum Gasteiger partial charge on any atom is -0.334 e. The molecule has 2 fully saturated rings. The van der Waals surface area contributed by atoms with Crippen LogP contribution in [0.1, 0.15) is 112 Å². The molecule has 2 saturated carbocycles. The number of rotatable bonds is 4. The predicted octanol–water partition coefficient (Wildman–Crippen LogP) is 17.0. The van der Waals surface area contributed by atoms with Crippen molar-refractivity contribution in [2.45, 2.75) is 106 Å². The maximum absolute atomic E-state index is 2.85. The maximum Gasteiger partial charge on any atom is 0.0715 e. The molecular formula is C65H58N2. The summed E-state index contributed by atoms with van der Waals surface area (Å²) >= 11 is 0. The van der Waals surface area contributed by atoms with E-state index in [1.54, 1.807) is 0 Å². The second-order valence-corrected chi connectivity index (χ2v) is 21.8. The monoisotopic (exact) mass is 866 g/mol. The highest BCUT2D eigenvalue weighted by Gasteiger charge is 2.60. The van der Waals surface area contributed by atoms with Crippen LogP contribution in [0.15, 0.2) is 182 Å². The quantitative estimate of drug-likeness (QED) is 0.174. The van der Waals surface area contributed by atoms with Gasteiger partial charge < -0.3 is 9.80 Å². The van der Waals surface area contributed by atoms with Gasteiger partial charge in [0.05, 0.1) is 16.5 Å². The summed E-state index contributed by atoms with van der Waals surface area (Å²) in [6, 6.07) is 70.9. The van der Waals surface area contributed by atoms with Crippen LogP contribution >= 0.6 is 0 Å². The molecule has 0 amide bonds. The van der Waals surface area contributed by atoms with E-state index in [9.17, 15) is 0 Å². The van der Waals surface area contributed by atoms with Crippen molar-refractivity contribution in [2.75, 3.05) is 9.80 Å². The zero-order valence-corrected chi connectivity index (χ0v) is 39.4. The van der Waals surface area contributed by atoms with Gasteiger partial charge in [-0.3, -0.25) is 0 Å². The maximum atomic E-state index is 2.85. The normalized spacial score (nSPS) is 25.4. The highest BCUT2D eigenvalue weighted by atomic mass is 15.3. The molecule has 9 aromatic carbocycles. The average Bonchev–Trinajstić information content (AvgIpc) is 3.85. The van der Waals surface area contributed by atoms with Crippen LogP contribution in [0.3, 0.4) is 0 Å². The van der Waals surface area contributed by atoms with Crippen molar-refractivity contribution in [3.63, 3.8) is 0 Å². The van der Waals surface area contributed by atoms with Crippen LogP contribution in [-0.2, 0) is 16.2 Å². The number of hydrogen-bond donors (Lipinski definition) is 0. The zero-order valence-electron chi connectivity index (χ0n) is 39.4. The first-order valence-corrected chi connectivity index (χ1v) is 25.2. The van der Waals surface area contributed by atoms with Crippen molar-refractivity contribution in [3.8, 4) is 11.1 Å². The number of hydrogen-bond acceptors (Lipinski definition) is 2. The van der Waals surface area contributed by atoms with Crippen molar-refractivity contribution in [1.29, 1.82) is 0 Å². The largest absolute Gasteiger partial charge is 0.334 e. The van der Waals surface area contributed by atoms with Gasteiger partial charge >= 0.3 is 0 Å². The summed E-state index contributed by atoms with van der Waals surface area (Å²) in [5.41, 5.74) is 15.7. The van der Waals surface area contributed by atoms with E-state index in [1.807, 2.05) is 0 Å². The van der Waals surface area contributed by atoms with Gasteiger partial charge in [0.15, 0.2) is 0 Å². The molecule has 5 aliphatic rings.